The molecule has 2 heterocycles. The molecule has 0 N–H and O–H groups in total. The molecule has 0 aliphatic carbocycles. The van der Waals surface area contributed by atoms with Gasteiger partial charge in [0, 0.05) is 44.2 Å². The highest BCUT2D eigenvalue weighted by atomic mass is 32.2. The van der Waals surface area contributed by atoms with Crippen LogP contribution in [0.15, 0.2) is 29.2 Å². The number of nitrogens with zero attached hydrogens (tertiary/aromatic N) is 2. The monoisotopic (exact) mass is 364 g/mol. The summed E-state index contributed by atoms with van der Waals surface area (Å²) >= 11 is 1.63. The molecule has 5 nitrogen and oxygen atoms in total. The van der Waals surface area contributed by atoms with Gasteiger partial charge in [-0.05, 0) is 25.0 Å². The van der Waals surface area contributed by atoms with Crippen LogP contribution in [0.4, 0.5) is 0 Å². The highest BCUT2D eigenvalue weighted by Gasteiger charge is 2.25. The zero-order valence-electron chi connectivity index (χ0n) is 15.0. The largest absolute Gasteiger partial charge is 0.379 e. The van der Waals surface area contributed by atoms with E-state index in [1.807, 2.05) is 17.0 Å². The Hall–Kier alpha value is -1.08. The first-order valence-corrected chi connectivity index (χ1v) is 10.1. The molecule has 25 heavy (non-hydrogen) atoms. The lowest BCUT2D eigenvalue weighted by molar-refractivity contribution is -0.129. The van der Waals surface area contributed by atoms with E-state index in [2.05, 4.69) is 24.0 Å². The van der Waals surface area contributed by atoms with Gasteiger partial charge < -0.3 is 14.4 Å². The Labute approximate surface area is 154 Å². The average molecular weight is 365 g/mol. The molecule has 0 aromatic heterocycles. The predicted molar refractivity (Wildman–Crippen MR) is 100 cm³/mol. The minimum Gasteiger partial charge on any atom is -0.379 e. The molecule has 2 saturated heterocycles. The Kier molecular flexibility index (Phi) is 7.16. The van der Waals surface area contributed by atoms with Gasteiger partial charge >= 0.3 is 0 Å². The zero-order chi connectivity index (χ0) is 17.5. The van der Waals surface area contributed by atoms with E-state index in [1.54, 1.807) is 11.8 Å². The van der Waals surface area contributed by atoms with Gasteiger partial charge in [-0.2, -0.15) is 0 Å². The Morgan fingerprint density at radius 2 is 2.00 bits per heavy atom. The molecule has 0 radical (unpaired) electrons. The number of benzene rings is 1. The topological polar surface area (TPSA) is 42.0 Å². The van der Waals surface area contributed by atoms with Crippen LogP contribution in [-0.2, 0) is 14.3 Å². The molecule has 2 aliphatic heterocycles. The van der Waals surface area contributed by atoms with Gasteiger partial charge in [0.1, 0.15) is 0 Å². The molecule has 2 aliphatic rings. The van der Waals surface area contributed by atoms with Gasteiger partial charge in [0.05, 0.1) is 25.1 Å². The maximum atomic E-state index is 12.7. The third kappa shape index (κ3) is 5.71. The highest BCUT2D eigenvalue weighted by molar-refractivity contribution is 8.00. The number of carbonyl (C=O) groups is 1. The number of hydrogen-bond acceptors (Lipinski definition) is 5. The standard InChI is InChI=1S/C19H28N2O3S/c1-16-5-2-3-6-18(16)25-15-19(22)21-7-4-10-24-17(14-21)13-20-8-11-23-12-9-20/h2-3,5-6,17H,4,7-15H2,1H3. The summed E-state index contributed by atoms with van der Waals surface area (Å²) in [6.45, 7) is 8.71. The summed E-state index contributed by atoms with van der Waals surface area (Å²) in [5, 5.41) is 0. The second kappa shape index (κ2) is 9.57. The molecular formula is C19H28N2O3S. The van der Waals surface area contributed by atoms with E-state index in [4.69, 9.17) is 9.47 Å². The number of morpholine rings is 1. The lowest BCUT2D eigenvalue weighted by atomic mass is 10.2. The van der Waals surface area contributed by atoms with Gasteiger partial charge in [-0.3, -0.25) is 9.69 Å². The fourth-order valence-electron chi connectivity index (χ4n) is 3.25. The Morgan fingerprint density at radius 3 is 2.80 bits per heavy atom. The lowest BCUT2D eigenvalue weighted by Gasteiger charge is -2.31. The van der Waals surface area contributed by atoms with E-state index < -0.39 is 0 Å². The Bertz CT molecular complexity index is 563. The van der Waals surface area contributed by atoms with Crippen molar-refractivity contribution < 1.29 is 14.3 Å². The normalized spacial score (nSPS) is 22.6. The second-order valence-corrected chi connectivity index (χ2v) is 7.67. The van der Waals surface area contributed by atoms with Crippen LogP contribution < -0.4 is 0 Å². The minimum absolute atomic E-state index is 0.105. The van der Waals surface area contributed by atoms with Crippen LogP contribution >= 0.6 is 11.8 Å². The van der Waals surface area contributed by atoms with Gasteiger partial charge in [-0.15, -0.1) is 11.8 Å². The number of carbonyl (C=O) groups excluding carboxylic acids is 1. The predicted octanol–water partition coefficient (Wildman–Crippen LogP) is 2.04. The van der Waals surface area contributed by atoms with Crippen molar-refractivity contribution in [1.29, 1.82) is 0 Å². The van der Waals surface area contributed by atoms with Crippen molar-refractivity contribution in [2.75, 3.05) is 58.3 Å². The Balaban J connectivity index is 1.51. The summed E-state index contributed by atoms with van der Waals surface area (Å²) in [6, 6.07) is 8.23. The number of hydrogen-bond donors (Lipinski definition) is 0. The molecular weight excluding hydrogens is 336 g/mol. The van der Waals surface area contributed by atoms with Crippen molar-refractivity contribution in [2.24, 2.45) is 0 Å². The summed E-state index contributed by atoms with van der Waals surface area (Å²) < 4.78 is 11.4. The maximum absolute atomic E-state index is 12.7. The third-order valence-corrected chi connectivity index (χ3v) is 5.87. The third-order valence-electron chi connectivity index (χ3n) is 4.71. The van der Waals surface area contributed by atoms with Crippen LogP contribution in [-0.4, -0.2) is 80.1 Å². The van der Waals surface area contributed by atoms with Crippen molar-refractivity contribution in [1.82, 2.24) is 9.80 Å². The molecule has 1 atom stereocenters. The van der Waals surface area contributed by atoms with E-state index in [0.717, 1.165) is 52.4 Å². The van der Waals surface area contributed by atoms with Crippen molar-refractivity contribution >= 4 is 17.7 Å². The number of rotatable bonds is 5. The summed E-state index contributed by atoms with van der Waals surface area (Å²) in [7, 11) is 0. The van der Waals surface area contributed by atoms with Crippen LogP contribution in [0.1, 0.15) is 12.0 Å². The molecule has 0 saturated carbocycles. The molecule has 1 unspecified atom stereocenters. The molecule has 6 heteroatoms. The molecule has 0 bridgehead atoms. The van der Waals surface area contributed by atoms with Crippen LogP contribution in [0.25, 0.3) is 0 Å². The first kappa shape index (κ1) is 18.7. The first-order chi connectivity index (χ1) is 12.2. The molecule has 1 aromatic rings. The van der Waals surface area contributed by atoms with E-state index in [9.17, 15) is 4.79 Å². The number of aryl methyl sites for hydroxylation is 1. The quantitative estimate of drug-likeness (QED) is 0.748. The zero-order valence-corrected chi connectivity index (χ0v) is 15.8. The number of thioether (sulfide) groups is 1. The highest BCUT2D eigenvalue weighted by Crippen LogP contribution is 2.22. The van der Waals surface area contributed by atoms with Gasteiger partial charge in [0.15, 0.2) is 0 Å². The summed E-state index contributed by atoms with van der Waals surface area (Å²) in [4.78, 5) is 18.2. The molecule has 138 valence electrons. The van der Waals surface area contributed by atoms with Gasteiger partial charge in [-0.1, -0.05) is 18.2 Å². The summed E-state index contributed by atoms with van der Waals surface area (Å²) in [6.07, 6.45) is 1.02. The molecule has 3 rings (SSSR count). The minimum atomic E-state index is 0.105. The van der Waals surface area contributed by atoms with E-state index in [1.165, 1.54) is 10.5 Å². The van der Waals surface area contributed by atoms with E-state index >= 15 is 0 Å². The van der Waals surface area contributed by atoms with Gasteiger partial charge in [0.2, 0.25) is 5.91 Å². The fourth-order valence-corrected chi connectivity index (χ4v) is 4.19. The first-order valence-electron chi connectivity index (χ1n) is 9.10. The van der Waals surface area contributed by atoms with Crippen LogP contribution in [0, 0.1) is 6.92 Å². The molecule has 1 aromatic carbocycles. The molecule has 1 amide bonds. The number of ether oxygens (including phenoxy) is 2. The Morgan fingerprint density at radius 1 is 1.20 bits per heavy atom. The van der Waals surface area contributed by atoms with Crippen LogP contribution in [0.5, 0.6) is 0 Å². The maximum Gasteiger partial charge on any atom is 0.233 e. The molecule has 0 spiro atoms. The average Bonchev–Trinajstić information content (AvgIpc) is 2.87. The second-order valence-electron chi connectivity index (χ2n) is 6.65. The van der Waals surface area contributed by atoms with Crippen LogP contribution in [0.3, 0.4) is 0 Å². The van der Waals surface area contributed by atoms with E-state index in [-0.39, 0.29) is 12.0 Å². The van der Waals surface area contributed by atoms with Crippen molar-refractivity contribution in [2.45, 2.75) is 24.3 Å². The summed E-state index contributed by atoms with van der Waals surface area (Å²) in [5.41, 5.74) is 1.23. The van der Waals surface area contributed by atoms with Gasteiger partial charge in [0.25, 0.3) is 0 Å². The van der Waals surface area contributed by atoms with Crippen molar-refractivity contribution in [3.05, 3.63) is 29.8 Å². The SMILES string of the molecule is Cc1ccccc1SCC(=O)N1CCCOC(CN2CCOCC2)C1. The summed E-state index contributed by atoms with van der Waals surface area (Å²) in [5.74, 6) is 0.709. The number of amides is 1. The lowest BCUT2D eigenvalue weighted by Crippen LogP contribution is -2.46. The van der Waals surface area contributed by atoms with Gasteiger partial charge in [-0.25, -0.2) is 0 Å². The van der Waals surface area contributed by atoms with Crippen molar-refractivity contribution in [3.8, 4) is 0 Å². The molecule has 2 fully saturated rings. The van der Waals surface area contributed by atoms with Crippen LogP contribution in [0.2, 0.25) is 0 Å². The van der Waals surface area contributed by atoms with E-state index in [0.29, 0.717) is 12.3 Å². The smallest absolute Gasteiger partial charge is 0.233 e. The van der Waals surface area contributed by atoms with Crippen molar-refractivity contribution in [3.63, 3.8) is 0 Å². The fraction of sp³-hybridized carbons (Fsp3) is 0.632.